The minimum Gasteiger partial charge on any atom is -0.372 e. The largest absolute Gasteiger partial charge is 0.372 e. The monoisotopic (exact) mass is 366 g/mol. The molecule has 0 saturated heterocycles. The van der Waals surface area contributed by atoms with Crippen LogP contribution in [0.4, 0.5) is 11.6 Å². The van der Waals surface area contributed by atoms with Gasteiger partial charge in [-0.2, -0.15) is 10.1 Å². The fraction of sp³-hybridized carbons (Fsp3) is 0.316. The van der Waals surface area contributed by atoms with Crippen LogP contribution in [0.15, 0.2) is 39.7 Å². The summed E-state index contributed by atoms with van der Waals surface area (Å²) in [6.07, 6.45) is 1.78. The zero-order chi connectivity index (χ0) is 19.6. The first-order chi connectivity index (χ1) is 12.9. The summed E-state index contributed by atoms with van der Waals surface area (Å²) in [5, 5.41) is 12.9. The summed E-state index contributed by atoms with van der Waals surface area (Å²) < 4.78 is 0. The molecule has 3 rings (SSSR count). The quantitative estimate of drug-likeness (QED) is 0.818. The highest BCUT2D eigenvalue weighted by molar-refractivity contribution is 6.31. The van der Waals surface area contributed by atoms with E-state index in [4.69, 9.17) is 0 Å². The molecule has 2 aromatic rings. The Morgan fingerprint density at radius 3 is 2.33 bits per heavy atom. The highest BCUT2D eigenvalue weighted by Gasteiger charge is 2.30. The Morgan fingerprint density at radius 2 is 1.74 bits per heavy atom. The van der Waals surface area contributed by atoms with Crippen molar-refractivity contribution in [3.8, 4) is 0 Å². The predicted octanol–water partition coefficient (Wildman–Crippen LogP) is 2.13. The number of anilines is 2. The van der Waals surface area contributed by atoms with Crippen LogP contribution in [-0.2, 0) is 4.79 Å². The Morgan fingerprint density at radius 1 is 1.07 bits per heavy atom. The number of H-pyrrole nitrogens is 1. The molecule has 27 heavy (non-hydrogen) atoms. The molecule has 140 valence electrons. The molecule has 8 heteroatoms. The highest BCUT2D eigenvalue weighted by atomic mass is 16.2. The van der Waals surface area contributed by atoms with Gasteiger partial charge in [-0.05, 0) is 51.5 Å². The smallest absolute Gasteiger partial charge is 0.283 e. The summed E-state index contributed by atoms with van der Waals surface area (Å²) in [7, 11) is 0. The molecule has 0 atom stereocenters. The van der Waals surface area contributed by atoms with Gasteiger partial charge in [-0.3, -0.25) is 14.6 Å². The van der Waals surface area contributed by atoms with Gasteiger partial charge in [0.25, 0.3) is 17.4 Å². The number of nitrogens with zero attached hydrogens (tertiary/aromatic N) is 5. The number of aromatic nitrogens is 3. The lowest BCUT2D eigenvalue weighted by atomic mass is 10.1. The van der Waals surface area contributed by atoms with Gasteiger partial charge >= 0.3 is 0 Å². The maximum Gasteiger partial charge on any atom is 0.283 e. The summed E-state index contributed by atoms with van der Waals surface area (Å²) in [5.41, 5.74) is 2.87. The molecule has 1 N–H and O–H groups in total. The van der Waals surface area contributed by atoms with Gasteiger partial charge in [0.2, 0.25) is 0 Å². The molecule has 0 bridgehead atoms. The average Bonchev–Trinajstić information content (AvgIpc) is 2.94. The Hall–Kier alpha value is -3.29. The van der Waals surface area contributed by atoms with Crippen molar-refractivity contribution in [2.45, 2.75) is 27.7 Å². The van der Waals surface area contributed by atoms with Gasteiger partial charge < -0.3 is 4.90 Å². The topological polar surface area (TPSA) is 94.5 Å². The van der Waals surface area contributed by atoms with Crippen LogP contribution in [0.1, 0.15) is 32.0 Å². The van der Waals surface area contributed by atoms with Gasteiger partial charge in [-0.1, -0.05) is 12.1 Å². The zero-order valence-corrected chi connectivity index (χ0v) is 15.9. The van der Waals surface area contributed by atoms with Crippen molar-refractivity contribution >= 4 is 29.3 Å². The first kappa shape index (κ1) is 18.5. The second-order valence-electron chi connectivity index (χ2n) is 6.19. The normalized spacial score (nSPS) is 15.4. The third kappa shape index (κ3) is 3.64. The Bertz CT molecular complexity index is 970. The summed E-state index contributed by atoms with van der Waals surface area (Å²) in [4.78, 5) is 29.2. The van der Waals surface area contributed by atoms with Crippen LogP contribution in [0.3, 0.4) is 0 Å². The van der Waals surface area contributed by atoms with Gasteiger partial charge in [0.1, 0.15) is 5.69 Å². The molecule has 0 unspecified atom stereocenters. The van der Waals surface area contributed by atoms with Gasteiger partial charge in [0.05, 0.1) is 11.3 Å². The van der Waals surface area contributed by atoms with E-state index in [9.17, 15) is 9.59 Å². The van der Waals surface area contributed by atoms with Crippen molar-refractivity contribution in [3.63, 3.8) is 0 Å². The number of rotatable bonds is 5. The highest BCUT2D eigenvalue weighted by Crippen LogP contribution is 2.22. The van der Waals surface area contributed by atoms with Crippen LogP contribution in [0.2, 0.25) is 0 Å². The molecule has 0 saturated carbocycles. The third-order valence-electron chi connectivity index (χ3n) is 4.44. The molecular weight excluding hydrogens is 344 g/mol. The van der Waals surface area contributed by atoms with Crippen LogP contribution < -0.4 is 15.5 Å². The lowest BCUT2D eigenvalue weighted by Crippen LogP contribution is -2.27. The molecule has 0 spiro atoms. The number of aromatic amines is 1. The number of nitrogens with one attached hydrogen (secondary N) is 1. The van der Waals surface area contributed by atoms with E-state index in [-0.39, 0.29) is 17.5 Å². The molecule has 1 aliphatic heterocycles. The summed E-state index contributed by atoms with van der Waals surface area (Å²) in [6, 6.07) is 8.01. The third-order valence-corrected chi connectivity index (χ3v) is 4.44. The zero-order valence-electron chi connectivity index (χ0n) is 15.9. The molecular formula is C19H22N6O2. The van der Waals surface area contributed by atoms with E-state index in [2.05, 4.69) is 39.0 Å². The predicted molar refractivity (Wildman–Crippen MR) is 106 cm³/mol. The van der Waals surface area contributed by atoms with Crippen molar-refractivity contribution in [3.05, 3.63) is 51.4 Å². The van der Waals surface area contributed by atoms with Gasteiger partial charge in [-0.15, -0.1) is 10.2 Å². The molecule has 1 aliphatic rings. The molecule has 1 aromatic heterocycles. The van der Waals surface area contributed by atoms with Crippen molar-refractivity contribution in [1.82, 2.24) is 15.2 Å². The van der Waals surface area contributed by atoms with Gasteiger partial charge in [-0.25, -0.2) is 0 Å². The summed E-state index contributed by atoms with van der Waals surface area (Å²) >= 11 is 0. The standard InChI is InChI=1S/C19H22N6O2/c1-5-24(6-2)15-9-7-14(8-10-15)11-16-12(3)23-25(18(16)27)19-20-17(26)13(4)21-22-19/h7-11H,5-6H2,1-4H3,(H,20,22,26). The molecule has 0 fully saturated rings. The minimum absolute atomic E-state index is 0.00947. The Balaban J connectivity index is 1.87. The minimum atomic E-state index is -0.398. The lowest BCUT2D eigenvalue weighted by molar-refractivity contribution is -0.114. The van der Waals surface area contributed by atoms with E-state index in [0.717, 1.165) is 29.3 Å². The number of hydrogen-bond acceptors (Lipinski definition) is 6. The number of carbonyl (C=O) groups is 1. The first-order valence-corrected chi connectivity index (χ1v) is 8.85. The van der Waals surface area contributed by atoms with Crippen LogP contribution in [-0.4, -0.2) is 39.9 Å². The van der Waals surface area contributed by atoms with Crippen LogP contribution in [0.5, 0.6) is 0 Å². The van der Waals surface area contributed by atoms with Crippen molar-refractivity contribution < 1.29 is 4.79 Å². The fourth-order valence-corrected chi connectivity index (χ4v) is 2.84. The number of hydrogen-bond donors (Lipinski definition) is 1. The van der Waals surface area contributed by atoms with E-state index >= 15 is 0 Å². The van der Waals surface area contributed by atoms with E-state index in [1.165, 1.54) is 0 Å². The second kappa shape index (κ2) is 7.53. The molecule has 0 radical (unpaired) electrons. The first-order valence-electron chi connectivity index (χ1n) is 8.85. The van der Waals surface area contributed by atoms with E-state index in [1.807, 2.05) is 24.3 Å². The van der Waals surface area contributed by atoms with Crippen LogP contribution in [0.25, 0.3) is 6.08 Å². The number of carbonyl (C=O) groups excluding carboxylic acids is 1. The molecule has 0 aliphatic carbocycles. The average molecular weight is 366 g/mol. The number of amides is 1. The molecule has 8 nitrogen and oxygen atoms in total. The number of aryl methyl sites for hydroxylation is 1. The Kier molecular flexibility index (Phi) is 5.16. The summed E-state index contributed by atoms with van der Waals surface area (Å²) in [6.45, 7) is 9.39. The lowest BCUT2D eigenvalue weighted by Gasteiger charge is -2.20. The van der Waals surface area contributed by atoms with Gasteiger partial charge in [0, 0.05) is 18.8 Å². The van der Waals surface area contributed by atoms with Crippen LogP contribution in [0, 0.1) is 6.92 Å². The van der Waals surface area contributed by atoms with E-state index < -0.39 is 5.56 Å². The van der Waals surface area contributed by atoms with Crippen LogP contribution >= 0.6 is 0 Å². The second-order valence-corrected chi connectivity index (χ2v) is 6.19. The summed E-state index contributed by atoms with van der Waals surface area (Å²) in [5.74, 6) is -0.343. The SMILES string of the molecule is CCN(CC)c1ccc(C=C2C(=O)N(c3nnc(C)c(=O)[nH]3)N=C2C)cc1. The molecule has 1 aromatic carbocycles. The van der Waals surface area contributed by atoms with Gasteiger partial charge in [0.15, 0.2) is 0 Å². The van der Waals surface area contributed by atoms with Crippen molar-refractivity contribution in [2.75, 3.05) is 23.0 Å². The maximum atomic E-state index is 12.7. The number of benzene rings is 1. The Labute approximate surface area is 157 Å². The fourth-order valence-electron chi connectivity index (χ4n) is 2.84. The maximum absolute atomic E-state index is 12.7. The van der Waals surface area contributed by atoms with E-state index in [0.29, 0.717) is 11.3 Å². The molecule has 1 amide bonds. The molecule has 2 heterocycles. The van der Waals surface area contributed by atoms with E-state index in [1.54, 1.807) is 19.9 Å². The van der Waals surface area contributed by atoms with Crippen molar-refractivity contribution in [2.24, 2.45) is 5.10 Å². The number of hydrazone groups is 1. The van der Waals surface area contributed by atoms with Crippen molar-refractivity contribution in [1.29, 1.82) is 0 Å².